The highest BCUT2D eigenvalue weighted by Crippen LogP contribution is 2.34. The monoisotopic (exact) mass is 394 g/mol. The molecule has 0 spiro atoms. The minimum Gasteiger partial charge on any atom is -0.378 e. The van der Waals surface area contributed by atoms with E-state index in [1.54, 1.807) is 0 Å². The maximum atomic E-state index is 12.8. The first-order chi connectivity index (χ1) is 13.3. The summed E-state index contributed by atoms with van der Waals surface area (Å²) in [6, 6.07) is 12.7. The van der Waals surface area contributed by atoms with Crippen molar-refractivity contribution in [1.29, 1.82) is 0 Å². The first-order valence-electron chi connectivity index (χ1n) is 8.96. The van der Waals surface area contributed by atoms with E-state index in [9.17, 15) is 23.3 Å². The molecule has 28 heavy (non-hydrogen) atoms. The van der Waals surface area contributed by atoms with Crippen molar-refractivity contribution in [3.05, 3.63) is 64.2 Å². The molecule has 150 valence electrons. The molecule has 1 N–H and O–H groups in total. The van der Waals surface area contributed by atoms with Crippen molar-refractivity contribution in [2.45, 2.75) is 6.18 Å². The highest BCUT2D eigenvalue weighted by molar-refractivity contribution is 5.63. The van der Waals surface area contributed by atoms with Crippen molar-refractivity contribution in [2.75, 3.05) is 49.5 Å². The van der Waals surface area contributed by atoms with E-state index in [1.165, 1.54) is 5.69 Å². The molecule has 1 aliphatic rings. The molecular weight excluding hydrogens is 373 g/mol. The number of para-hydroxylation sites is 1. The molecule has 0 atom stereocenters. The second kappa shape index (κ2) is 8.47. The number of benzene rings is 2. The fraction of sp³-hybridized carbons (Fsp3) is 0.368. The summed E-state index contributed by atoms with van der Waals surface area (Å²) in [5.74, 6) is 0. The van der Waals surface area contributed by atoms with Gasteiger partial charge in [0.1, 0.15) is 5.69 Å². The van der Waals surface area contributed by atoms with Crippen molar-refractivity contribution in [2.24, 2.45) is 0 Å². The molecule has 0 saturated carbocycles. The number of rotatable bonds is 6. The maximum Gasteiger partial charge on any atom is 0.416 e. The Bertz CT molecular complexity index is 807. The quantitative estimate of drug-likeness (QED) is 0.596. The summed E-state index contributed by atoms with van der Waals surface area (Å²) in [6.45, 7) is 4.53. The van der Waals surface area contributed by atoms with Crippen LogP contribution in [0.2, 0.25) is 0 Å². The zero-order chi connectivity index (χ0) is 20.1. The normalized spacial score (nSPS) is 15.5. The standard InChI is InChI=1S/C19H21F3N4O2/c20-19(21,22)15-6-7-17(18(14-15)26(27)28)23-8-9-24-10-12-25(13-11-24)16-4-2-1-3-5-16/h1-7,14,23H,8-13H2. The van der Waals surface area contributed by atoms with Crippen LogP contribution in [0.25, 0.3) is 0 Å². The molecule has 0 bridgehead atoms. The minimum atomic E-state index is -4.61. The van der Waals surface area contributed by atoms with Gasteiger partial charge in [0.25, 0.3) is 5.69 Å². The van der Waals surface area contributed by atoms with Gasteiger partial charge in [-0.25, -0.2) is 0 Å². The molecule has 1 saturated heterocycles. The van der Waals surface area contributed by atoms with Gasteiger partial charge in [-0.3, -0.25) is 15.0 Å². The Morgan fingerprint density at radius 1 is 1.04 bits per heavy atom. The van der Waals surface area contributed by atoms with E-state index in [2.05, 4.69) is 27.2 Å². The van der Waals surface area contributed by atoms with Crippen LogP contribution in [0.1, 0.15) is 5.56 Å². The second-order valence-electron chi connectivity index (χ2n) is 6.58. The average Bonchev–Trinajstić information content (AvgIpc) is 2.68. The number of hydrogen-bond donors (Lipinski definition) is 1. The topological polar surface area (TPSA) is 61.7 Å². The van der Waals surface area contributed by atoms with Crippen LogP contribution in [0.5, 0.6) is 0 Å². The van der Waals surface area contributed by atoms with E-state index >= 15 is 0 Å². The molecule has 0 radical (unpaired) electrons. The molecular formula is C19H21F3N4O2. The van der Waals surface area contributed by atoms with Gasteiger partial charge in [-0.15, -0.1) is 0 Å². The fourth-order valence-electron chi connectivity index (χ4n) is 3.23. The number of piperazine rings is 1. The number of alkyl halides is 3. The lowest BCUT2D eigenvalue weighted by molar-refractivity contribution is -0.384. The average molecular weight is 394 g/mol. The largest absolute Gasteiger partial charge is 0.416 e. The first-order valence-corrected chi connectivity index (χ1v) is 8.96. The number of nitrogens with zero attached hydrogens (tertiary/aromatic N) is 3. The molecule has 9 heteroatoms. The zero-order valence-electron chi connectivity index (χ0n) is 15.2. The number of nitro benzene ring substituents is 1. The van der Waals surface area contributed by atoms with Crippen molar-refractivity contribution >= 4 is 17.1 Å². The van der Waals surface area contributed by atoms with Gasteiger partial charge in [-0.05, 0) is 24.3 Å². The predicted octanol–water partition coefficient (Wildman–Crippen LogP) is 3.85. The smallest absolute Gasteiger partial charge is 0.378 e. The molecule has 1 aliphatic heterocycles. The van der Waals surface area contributed by atoms with E-state index in [0.29, 0.717) is 19.2 Å². The Morgan fingerprint density at radius 3 is 2.32 bits per heavy atom. The summed E-state index contributed by atoms with van der Waals surface area (Å²) in [6.07, 6.45) is -4.61. The molecule has 0 amide bonds. The molecule has 1 fully saturated rings. The van der Waals surface area contributed by atoms with Gasteiger partial charge >= 0.3 is 6.18 Å². The molecule has 0 aromatic heterocycles. The van der Waals surface area contributed by atoms with Gasteiger partial charge in [0.15, 0.2) is 0 Å². The van der Waals surface area contributed by atoms with Crippen LogP contribution < -0.4 is 10.2 Å². The zero-order valence-corrected chi connectivity index (χ0v) is 15.2. The lowest BCUT2D eigenvalue weighted by Gasteiger charge is -2.36. The maximum absolute atomic E-state index is 12.8. The number of halogens is 3. The van der Waals surface area contributed by atoms with Crippen LogP contribution in [-0.4, -0.2) is 49.1 Å². The van der Waals surface area contributed by atoms with E-state index in [1.807, 2.05) is 18.2 Å². The van der Waals surface area contributed by atoms with Gasteiger partial charge < -0.3 is 10.2 Å². The van der Waals surface area contributed by atoms with Crippen LogP contribution in [0.4, 0.5) is 30.2 Å². The van der Waals surface area contributed by atoms with Gasteiger partial charge in [0.05, 0.1) is 10.5 Å². The van der Waals surface area contributed by atoms with E-state index in [0.717, 1.165) is 38.3 Å². The summed E-state index contributed by atoms with van der Waals surface area (Å²) < 4.78 is 38.3. The third kappa shape index (κ3) is 4.92. The fourth-order valence-corrected chi connectivity index (χ4v) is 3.23. The van der Waals surface area contributed by atoms with Crippen LogP contribution >= 0.6 is 0 Å². The molecule has 0 unspecified atom stereocenters. The number of nitrogens with one attached hydrogen (secondary N) is 1. The molecule has 0 aliphatic carbocycles. The van der Waals surface area contributed by atoms with Crippen LogP contribution in [0.15, 0.2) is 48.5 Å². The molecule has 3 rings (SSSR count). The van der Waals surface area contributed by atoms with Gasteiger partial charge in [-0.1, -0.05) is 18.2 Å². The van der Waals surface area contributed by atoms with Crippen molar-refractivity contribution in [3.8, 4) is 0 Å². The Hall–Kier alpha value is -2.81. The van der Waals surface area contributed by atoms with Crippen LogP contribution in [0.3, 0.4) is 0 Å². The van der Waals surface area contributed by atoms with E-state index < -0.39 is 22.4 Å². The number of anilines is 2. The summed E-state index contributed by atoms with van der Waals surface area (Å²) in [5, 5.41) is 14.0. The van der Waals surface area contributed by atoms with Crippen molar-refractivity contribution < 1.29 is 18.1 Å². The molecule has 2 aromatic rings. The highest BCUT2D eigenvalue weighted by atomic mass is 19.4. The summed E-state index contributed by atoms with van der Waals surface area (Å²) in [4.78, 5) is 14.8. The minimum absolute atomic E-state index is 0.0981. The first kappa shape index (κ1) is 19.9. The Kier molecular flexibility index (Phi) is 6.03. The van der Waals surface area contributed by atoms with Crippen molar-refractivity contribution in [3.63, 3.8) is 0 Å². The Labute approximate surface area is 160 Å². The predicted molar refractivity (Wildman–Crippen MR) is 102 cm³/mol. The second-order valence-corrected chi connectivity index (χ2v) is 6.58. The van der Waals surface area contributed by atoms with Gasteiger partial charge in [-0.2, -0.15) is 13.2 Å². The summed E-state index contributed by atoms with van der Waals surface area (Å²) >= 11 is 0. The third-order valence-electron chi connectivity index (χ3n) is 4.76. The highest BCUT2D eigenvalue weighted by Gasteiger charge is 2.33. The van der Waals surface area contributed by atoms with Crippen LogP contribution in [-0.2, 0) is 6.18 Å². The number of nitro groups is 1. The van der Waals surface area contributed by atoms with Crippen LogP contribution in [0, 0.1) is 10.1 Å². The van der Waals surface area contributed by atoms with Gasteiger partial charge in [0, 0.05) is 51.0 Å². The summed E-state index contributed by atoms with van der Waals surface area (Å²) in [5.41, 5.74) is -0.313. The number of hydrogen-bond acceptors (Lipinski definition) is 5. The lowest BCUT2D eigenvalue weighted by atomic mass is 10.1. The molecule has 6 nitrogen and oxygen atoms in total. The Balaban J connectivity index is 1.52. The molecule has 1 heterocycles. The Morgan fingerprint density at radius 2 is 1.71 bits per heavy atom. The third-order valence-corrected chi connectivity index (χ3v) is 4.76. The summed E-state index contributed by atoms with van der Waals surface area (Å²) in [7, 11) is 0. The van der Waals surface area contributed by atoms with E-state index in [-0.39, 0.29) is 5.69 Å². The SMILES string of the molecule is O=[N+]([O-])c1cc(C(F)(F)F)ccc1NCCN1CCN(c2ccccc2)CC1. The molecule has 2 aromatic carbocycles. The lowest BCUT2D eigenvalue weighted by Crippen LogP contribution is -2.47. The van der Waals surface area contributed by atoms with Crippen molar-refractivity contribution in [1.82, 2.24) is 4.90 Å². The van der Waals surface area contributed by atoms with Gasteiger partial charge in [0.2, 0.25) is 0 Å². The van der Waals surface area contributed by atoms with E-state index in [4.69, 9.17) is 0 Å².